The molecular formula is C18H15F3N2O2. The molecule has 0 spiro atoms. The van der Waals surface area contributed by atoms with E-state index in [1.165, 1.54) is 24.3 Å². The molecule has 0 saturated heterocycles. The zero-order chi connectivity index (χ0) is 18.4. The molecule has 0 bridgehead atoms. The molecule has 1 aromatic heterocycles. The highest BCUT2D eigenvalue weighted by Crippen LogP contribution is 2.31. The first kappa shape index (κ1) is 17.0. The van der Waals surface area contributed by atoms with E-state index in [1.54, 1.807) is 6.07 Å². The molecule has 3 rings (SSSR count). The van der Waals surface area contributed by atoms with E-state index in [-0.39, 0.29) is 5.69 Å². The summed E-state index contributed by atoms with van der Waals surface area (Å²) in [5, 5.41) is 11.7. The minimum absolute atomic E-state index is 0.0160. The Morgan fingerprint density at radius 3 is 2.28 bits per heavy atom. The topological polar surface area (TPSA) is 48.1 Å². The summed E-state index contributed by atoms with van der Waals surface area (Å²) in [5.41, 5.74) is 2.73. The van der Waals surface area contributed by atoms with Crippen LogP contribution in [-0.2, 0) is 12.7 Å². The number of nitrogens with zero attached hydrogens (tertiary/aromatic N) is 2. The van der Waals surface area contributed by atoms with E-state index in [4.69, 9.17) is 0 Å². The number of rotatable bonds is 3. The van der Waals surface area contributed by atoms with Gasteiger partial charge in [0.05, 0.1) is 10.5 Å². The lowest BCUT2D eigenvalue weighted by Crippen LogP contribution is -2.06. The molecule has 0 N–H and O–H groups in total. The van der Waals surface area contributed by atoms with Crippen molar-refractivity contribution < 1.29 is 18.1 Å². The van der Waals surface area contributed by atoms with E-state index in [9.17, 15) is 23.3 Å². The molecule has 0 aliphatic heterocycles. The predicted molar refractivity (Wildman–Crippen MR) is 88.6 cm³/mol. The van der Waals surface area contributed by atoms with Gasteiger partial charge in [0, 0.05) is 35.3 Å². The molecule has 1 heterocycles. The van der Waals surface area contributed by atoms with Gasteiger partial charge in [-0.05, 0) is 43.2 Å². The molecule has 0 aliphatic rings. The third kappa shape index (κ3) is 3.09. The van der Waals surface area contributed by atoms with E-state index in [0.29, 0.717) is 6.54 Å². The molecule has 0 aliphatic carbocycles. The molecule has 0 atom stereocenters. The fourth-order valence-corrected chi connectivity index (χ4v) is 2.94. The minimum Gasteiger partial charge on any atom is -0.340 e. The monoisotopic (exact) mass is 348 g/mol. The van der Waals surface area contributed by atoms with Crippen LogP contribution in [0.3, 0.4) is 0 Å². The van der Waals surface area contributed by atoms with Crippen LogP contribution in [0.4, 0.5) is 18.9 Å². The lowest BCUT2D eigenvalue weighted by Gasteiger charge is -2.11. The van der Waals surface area contributed by atoms with Crippen LogP contribution < -0.4 is 0 Å². The van der Waals surface area contributed by atoms with Crippen LogP contribution >= 0.6 is 0 Å². The van der Waals surface area contributed by atoms with Gasteiger partial charge in [0.15, 0.2) is 0 Å². The van der Waals surface area contributed by atoms with Crippen LogP contribution in [0.5, 0.6) is 0 Å². The summed E-state index contributed by atoms with van der Waals surface area (Å²) >= 11 is 0. The number of non-ortho nitro benzene ring substituents is 1. The Morgan fingerprint density at radius 2 is 1.72 bits per heavy atom. The fraction of sp³-hybridized carbons (Fsp3) is 0.222. The molecule has 0 saturated carbocycles. The normalized spacial score (nSPS) is 11.9. The highest BCUT2D eigenvalue weighted by atomic mass is 19.4. The molecule has 0 fully saturated rings. The maximum atomic E-state index is 12.7. The number of alkyl halides is 3. The summed E-state index contributed by atoms with van der Waals surface area (Å²) in [6.07, 6.45) is -4.36. The summed E-state index contributed by atoms with van der Waals surface area (Å²) < 4.78 is 40.0. The molecule has 25 heavy (non-hydrogen) atoms. The van der Waals surface area contributed by atoms with Crippen molar-refractivity contribution in [3.05, 3.63) is 75.0 Å². The van der Waals surface area contributed by atoms with Crippen LogP contribution in [0.25, 0.3) is 10.9 Å². The Labute approximate surface area is 141 Å². The smallest absolute Gasteiger partial charge is 0.340 e. The third-order valence-corrected chi connectivity index (χ3v) is 4.46. The van der Waals surface area contributed by atoms with Gasteiger partial charge in [0.25, 0.3) is 5.69 Å². The molecule has 2 aromatic carbocycles. The summed E-state index contributed by atoms with van der Waals surface area (Å²) in [4.78, 5) is 10.5. The number of aryl methyl sites for hydroxylation is 1. The predicted octanol–water partition coefficient (Wildman–Crippen LogP) is 5.23. The van der Waals surface area contributed by atoms with Crippen molar-refractivity contribution in [2.45, 2.75) is 26.6 Å². The second kappa shape index (κ2) is 5.91. The number of nitro benzene ring substituents is 1. The van der Waals surface area contributed by atoms with Crippen LogP contribution in [0, 0.1) is 24.0 Å². The van der Waals surface area contributed by atoms with Crippen molar-refractivity contribution in [1.29, 1.82) is 0 Å². The number of fused-ring (bicyclic) bond motifs is 1. The van der Waals surface area contributed by atoms with Gasteiger partial charge < -0.3 is 4.57 Å². The van der Waals surface area contributed by atoms with Gasteiger partial charge in [-0.2, -0.15) is 13.2 Å². The zero-order valence-corrected chi connectivity index (χ0v) is 13.6. The van der Waals surface area contributed by atoms with Crippen molar-refractivity contribution in [3.8, 4) is 0 Å². The van der Waals surface area contributed by atoms with Crippen molar-refractivity contribution in [1.82, 2.24) is 4.57 Å². The molecule has 0 amide bonds. The van der Waals surface area contributed by atoms with Gasteiger partial charge in [-0.15, -0.1) is 0 Å². The van der Waals surface area contributed by atoms with Crippen LogP contribution in [0.15, 0.2) is 42.5 Å². The van der Waals surface area contributed by atoms with Gasteiger partial charge in [-0.25, -0.2) is 0 Å². The van der Waals surface area contributed by atoms with E-state index >= 15 is 0 Å². The summed E-state index contributed by atoms with van der Waals surface area (Å²) in [7, 11) is 0. The number of hydrogen-bond donors (Lipinski definition) is 0. The van der Waals surface area contributed by atoms with Gasteiger partial charge in [0.2, 0.25) is 0 Å². The zero-order valence-electron chi connectivity index (χ0n) is 13.6. The molecule has 7 heteroatoms. The highest BCUT2D eigenvalue weighted by molar-refractivity contribution is 5.87. The Morgan fingerprint density at radius 1 is 1.08 bits per heavy atom. The van der Waals surface area contributed by atoms with Crippen molar-refractivity contribution in [3.63, 3.8) is 0 Å². The number of benzene rings is 2. The van der Waals surface area contributed by atoms with Crippen LogP contribution in [0.2, 0.25) is 0 Å². The molecule has 0 radical (unpaired) electrons. The number of halogens is 3. The number of hydrogen-bond acceptors (Lipinski definition) is 2. The standard InChI is InChI=1S/C18H15F3N2O2/c1-11-12(2)22(17-8-7-15(23(24)25)9-16(11)17)10-13-3-5-14(6-4-13)18(19,20)21/h3-9H,10H2,1-2H3. The Kier molecular flexibility index (Phi) is 4.02. The van der Waals surface area contributed by atoms with Crippen molar-refractivity contribution in [2.24, 2.45) is 0 Å². The Hall–Kier alpha value is -2.83. The minimum atomic E-state index is -4.36. The van der Waals surface area contributed by atoms with Gasteiger partial charge in [-0.3, -0.25) is 10.1 Å². The maximum absolute atomic E-state index is 12.7. The second-order valence-electron chi connectivity index (χ2n) is 5.95. The van der Waals surface area contributed by atoms with Gasteiger partial charge >= 0.3 is 6.18 Å². The summed E-state index contributed by atoms with van der Waals surface area (Å²) in [6, 6.07) is 9.68. The SMILES string of the molecule is Cc1c(C)n(Cc2ccc(C(F)(F)F)cc2)c2ccc([N+](=O)[O-])cc12. The van der Waals surface area contributed by atoms with Crippen molar-refractivity contribution in [2.75, 3.05) is 0 Å². The Balaban J connectivity index is 2.01. The fourth-order valence-electron chi connectivity index (χ4n) is 2.94. The van der Waals surface area contributed by atoms with Crippen LogP contribution in [0.1, 0.15) is 22.4 Å². The van der Waals surface area contributed by atoms with Crippen molar-refractivity contribution >= 4 is 16.6 Å². The molecular weight excluding hydrogens is 333 g/mol. The summed E-state index contributed by atoms with van der Waals surface area (Å²) in [6.45, 7) is 4.17. The molecule has 0 unspecified atom stereocenters. The molecule has 130 valence electrons. The average molecular weight is 348 g/mol. The molecule has 4 nitrogen and oxygen atoms in total. The molecule has 3 aromatic rings. The van der Waals surface area contributed by atoms with E-state index in [0.717, 1.165) is 39.9 Å². The third-order valence-electron chi connectivity index (χ3n) is 4.46. The average Bonchev–Trinajstić information content (AvgIpc) is 2.79. The van der Waals surface area contributed by atoms with Gasteiger partial charge in [-0.1, -0.05) is 12.1 Å². The van der Waals surface area contributed by atoms with E-state index < -0.39 is 16.7 Å². The number of aromatic nitrogens is 1. The first-order chi connectivity index (χ1) is 11.7. The van der Waals surface area contributed by atoms with Crippen LogP contribution in [-0.4, -0.2) is 9.49 Å². The van der Waals surface area contributed by atoms with Gasteiger partial charge in [0.1, 0.15) is 0 Å². The number of nitro groups is 1. The quantitative estimate of drug-likeness (QED) is 0.480. The highest BCUT2D eigenvalue weighted by Gasteiger charge is 2.30. The van der Waals surface area contributed by atoms with E-state index in [1.807, 2.05) is 18.4 Å². The second-order valence-corrected chi connectivity index (χ2v) is 5.95. The largest absolute Gasteiger partial charge is 0.416 e. The Bertz CT molecular complexity index is 957. The lowest BCUT2D eigenvalue weighted by molar-refractivity contribution is -0.384. The lowest BCUT2D eigenvalue weighted by atomic mass is 10.1. The summed E-state index contributed by atoms with van der Waals surface area (Å²) in [5.74, 6) is 0. The first-order valence-electron chi connectivity index (χ1n) is 7.58. The first-order valence-corrected chi connectivity index (χ1v) is 7.58. The van der Waals surface area contributed by atoms with E-state index in [2.05, 4.69) is 0 Å². The maximum Gasteiger partial charge on any atom is 0.416 e.